The van der Waals surface area contributed by atoms with Gasteiger partial charge in [-0.25, -0.2) is 0 Å². The number of rotatable bonds is 6. The van der Waals surface area contributed by atoms with Crippen molar-refractivity contribution >= 4 is 5.97 Å². The summed E-state index contributed by atoms with van der Waals surface area (Å²) in [5.41, 5.74) is 0.706. The van der Waals surface area contributed by atoms with Gasteiger partial charge in [0, 0.05) is 6.04 Å². The van der Waals surface area contributed by atoms with Crippen LogP contribution < -0.4 is 10.1 Å². The first-order valence-electron chi connectivity index (χ1n) is 5.71. The van der Waals surface area contributed by atoms with Crippen LogP contribution in [0.4, 0.5) is 0 Å². The molecule has 2 N–H and O–H groups in total. The van der Waals surface area contributed by atoms with Gasteiger partial charge in [-0.3, -0.25) is 10.1 Å². The zero-order valence-electron chi connectivity index (χ0n) is 10.4. The van der Waals surface area contributed by atoms with Gasteiger partial charge >= 0.3 is 5.97 Å². The molecule has 0 aliphatic carbocycles. The van der Waals surface area contributed by atoms with Crippen LogP contribution in [0.15, 0.2) is 24.3 Å². The summed E-state index contributed by atoms with van der Waals surface area (Å²) in [7, 11) is 1.57. The number of hydrogen-bond acceptors (Lipinski definition) is 3. The summed E-state index contributed by atoms with van der Waals surface area (Å²) < 4.78 is 5.10. The van der Waals surface area contributed by atoms with Crippen molar-refractivity contribution in [2.75, 3.05) is 7.11 Å². The molecule has 0 fully saturated rings. The maximum atomic E-state index is 11.2. The summed E-state index contributed by atoms with van der Waals surface area (Å²) in [6.07, 6.45) is 0.883. The average molecular weight is 237 g/mol. The van der Waals surface area contributed by atoms with Crippen LogP contribution in [0.2, 0.25) is 0 Å². The highest BCUT2D eigenvalue weighted by molar-refractivity contribution is 5.75. The van der Waals surface area contributed by atoms with E-state index < -0.39 is 12.0 Å². The molecule has 1 aromatic rings. The molecule has 2 unspecified atom stereocenters. The van der Waals surface area contributed by atoms with E-state index >= 15 is 0 Å². The first-order valence-corrected chi connectivity index (χ1v) is 5.71. The van der Waals surface area contributed by atoms with E-state index in [2.05, 4.69) is 5.32 Å². The Morgan fingerprint density at radius 2 is 2.24 bits per heavy atom. The molecule has 94 valence electrons. The fourth-order valence-corrected chi connectivity index (χ4v) is 1.53. The first kappa shape index (κ1) is 13.5. The fourth-order valence-electron chi connectivity index (χ4n) is 1.53. The smallest absolute Gasteiger partial charge is 0.325 e. The molecule has 0 radical (unpaired) electrons. The highest BCUT2D eigenvalue weighted by Gasteiger charge is 2.21. The Labute approximate surface area is 102 Å². The number of nitrogens with one attached hydrogen (secondary N) is 1. The molecule has 0 aliphatic heterocycles. The van der Waals surface area contributed by atoms with Crippen LogP contribution in [-0.4, -0.2) is 24.2 Å². The molecular formula is C13H19NO3. The van der Waals surface area contributed by atoms with E-state index in [4.69, 9.17) is 4.74 Å². The van der Waals surface area contributed by atoms with Gasteiger partial charge in [0.2, 0.25) is 0 Å². The van der Waals surface area contributed by atoms with E-state index in [1.54, 1.807) is 31.4 Å². The predicted octanol–water partition coefficient (Wildman–Crippen LogP) is 2.21. The predicted molar refractivity (Wildman–Crippen MR) is 66.3 cm³/mol. The number of benzene rings is 1. The molecule has 0 bridgehead atoms. The van der Waals surface area contributed by atoms with Crippen LogP contribution in [0, 0.1) is 0 Å². The molecule has 4 heteroatoms. The number of carbonyl (C=O) groups is 1. The Morgan fingerprint density at radius 3 is 2.76 bits per heavy atom. The lowest BCUT2D eigenvalue weighted by atomic mass is 10.1. The number of carboxylic acids is 1. The lowest BCUT2D eigenvalue weighted by molar-refractivity contribution is -0.139. The van der Waals surface area contributed by atoms with Crippen LogP contribution in [0.5, 0.6) is 5.75 Å². The summed E-state index contributed by atoms with van der Waals surface area (Å²) in [6.45, 7) is 3.98. The molecule has 17 heavy (non-hydrogen) atoms. The van der Waals surface area contributed by atoms with E-state index in [1.807, 2.05) is 13.8 Å². The second-order valence-electron chi connectivity index (χ2n) is 4.02. The standard InChI is InChI=1S/C13H19NO3/c1-4-9(2)14-12(13(15)16)10-6-5-7-11(8-10)17-3/h5-9,12,14H,4H2,1-3H3,(H,15,16). The lowest BCUT2D eigenvalue weighted by Gasteiger charge is -2.19. The van der Waals surface area contributed by atoms with Crippen LogP contribution in [0.1, 0.15) is 31.9 Å². The minimum absolute atomic E-state index is 0.155. The van der Waals surface area contributed by atoms with Crippen molar-refractivity contribution in [2.24, 2.45) is 0 Å². The second kappa shape index (κ2) is 6.25. The molecule has 0 aliphatic rings. The molecule has 0 spiro atoms. The van der Waals surface area contributed by atoms with E-state index in [1.165, 1.54) is 0 Å². The molecule has 4 nitrogen and oxygen atoms in total. The van der Waals surface area contributed by atoms with Crippen LogP contribution in [0.3, 0.4) is 0 Å². The molecule has 0 saturated heterocycles. The fraction of sp³-hybridized carbons (Fsp3) is 0.462. The highest BCUT2D eigenvalue weighted by atomic mass is 16.5. The van der Waals surface area contributed by atoms with Gasteiger partial charge in [0.15, 0.2) is 0 Å². The van der Waals surface area contributed by atoms with E-state index in [9.17, 15) is 9.90 Å². The number of ether oxygens (including phenoxy) is 1. The number of hydrogen-bond donors (Lipinski definition) is 2. The van der Waals surface area contributed by atoms with Crippen molar-refractivity contribution in [1.82, 2.24) is 5.32 Å². The van der Waals surface area contributed by atoms with Gasteiger partial charge in [-0.1, -0.05) is 19.1 Å². The molecule has 0 aromatic heterocycles. The van der Waals surface area contributed by atoms with Crippen molar-refractivity contribution in [1.29, 1.82) is 0 Å². The lowest BCUT2D eigenvalue weighted by Crippen LogP contribution is -2.34. The third-order valence-corrected chi connectivity index (χ3v) is 2.74. The molecule has 1 rings (SSSR count). The minimum Gasteiger partial charge on any atom is -0.497 e. The van der Waals surface area contributed by atoms with Gasteiger partial charge in [0.05, 0.1) is 7.11 Å². The average Bonchev–Trinajstić information content (AvgIpc) is 2.35. The zero-order valence-corrected chi connectivity index (χ0v) is 10.4. The summed E-state index contributed by atoms with van der Waals surface area (Å²) in [4.78, 5) is 11.2. The molecule has 0 heterocycles. The number of aliphatic carboxylic acids is 1. The Morgan fingerprint density at radius 1 is 1.53 bits per heavy atom. The third kappa shape index (κ3) is 3.75. The van der Waals surface area contributed by atoms with Gasteiger partial charge in [-0.05, 0) is 31.0 Å². The van der Waals surface area contributed by atoms with Gasteiger partial charge < -0.3 is 9.84 Å². The topological polar surface area (TPSA) is 58.6 Å². The normalized spacial score (nSPS) is 14.1. The minimum atomic E-state index is -0.876. The van der Waals surface area contributed by atoms with Crippen LogP contribution in [-0.2, 0) is 4.79 Å². The summed E-state index contributed by atoms with van der Waals surface area (Å²) >= 11 is 0. The Balaban J connectivity index is 2.92. The maximum Gasteiger partial charge on any atom is 0.325 e. The Bertz CT molecular complexity index is 379. The van der Waals surface area contributed by atoms with Gasteiger partial charge in [0.25, 0.3) is 0 Å². The summed E-state index contributed by atoms with van der Waals surface area (Å²) in [5, 5.41) is 12.3. The number of carboxylic acid groups (broad SMARTS) is 1. The van der Waals surface area contributed by atoms with Crippen molar-refractivity contribution in [3.8, 4) is 5.75 Å². The second-order valence-corrected chi connectivity index (χ2v) is 4.02. The van der Waals surface area contributed by atoms with Crippen LogP contribution in [0.25, 0.3) is 0 Å². The molecule has 1 aromatic carbocycles. The van der Waals surface area contributed by atoms with Crippen molar-refractivity contribution < 1.29 is 14.6 Å². The quantitative estimate of drug-likeness (QED) is 0.796. The van der Waals surface area contributed by atoms with Gasteiger partial charge in [-0.15, -0.1) is 0 Å². The van der Waals surface area contributed by atoms with Gasteiger partial charge in [0.1, 0.15) is 11.8 Å². The number of methoxy groups -OCH3 is 1. The maximum absolute atomic E-state index is 11.2. The van der Waals surface area contributed by atoms with E-state index in [0.717, 1.165) is 6.42 Å². The molecule has 2 atom stereocenters. The molecule has 0 amide bonds. The van der Waals surface area contributed by atoms with E-state index in [0.29, 0.717) is 11.3 Å². The largest absolute Gasteiger partial charge is 0.497 e. The van der Waals surface area contributed by atoms with E-state index in [-0.39, 0.29) is 6.04 Å². The summed E-state index contributed by atoms with van der Waals surface area (Å²) in [6, 6.07) is 6.58. The zero-order chi connectivity index (χ0) is 12.8. The Kier molecular flexibility index (Phi) is 4.97. The SMILES string of the molecule is CCC(C)NC(C(=O)O)c1cccc(OC)c1. The third-order valence-electron chi connectivity index (χ3n) is 2.74. The monoisotopic (exact) mass is 237 g/mol. The summed E-state index contributed by atoms with van der Waals surface area (Å²) in [5.74, 6) is -0.210. The first-order chi connectivity index (χ1) is 8.08. The van der Waals surface area contributed by atoms with Crippen LogP contribution >= 0.6 is 0 Å². The molecular weight excluding hydrogens is 218 g/mol. The van der Waals surface area contributed by atoms with Crippen molar-refractivity contribution in [3.63, 3.8) is 0 Å². The Hall–Kier alpha value is -1.55. The highest BCUT2D eigenvalue weighted by Crippen LogP contribution is 2.20. The van der Waals surface area contributed by atoms with Crippen molar-refractivity contribution in [2.45, 2.75) is 32.4 Å². The van der Waals surface area contributed by atoms with Crippen molar-refractivity contribution in [3.05, 3.63) is 29.8 Å². The molecule has 0 saturated carbocycles. The van der Waals surface area contributed by atoms with Gasteiger partial charge in [-0.2, -0.15) is 0 Å².